The summed E-state index contributed by atoms with van der Waals surface area (Å²) in [6.07, 6.45) is 2.23. The van der Waals surface area contributed by atoms with Gasteiger partial charge in [0.15, 0.2) is 11.5 Å². The molecule has 31 heavy (non-hydrogen) atoms. The Hall–Kier alpha value is -1.50. The van der Waals surface area contributed by atoms with Crippen LogP contribution in [0.2, 0.25) is 0 Å². The molecular formula is C24H34Cl2N2O3. The van der Waals surface area contributed by atoms with Crippen molar-refractivity contribution in [1.82, 2.24) is 10.2 Å². The first-order valence-corrected chi connectivity index (χ1v) is 10.7. The number of rotatable bonds is 7. The Bertz CT molecular complexity index is 749. The van der Waals surface area contributed by atoms with E-state index in [0.29, 0.717) is 18.6 Å². The van der Waals surface area contributed by atoms with E-state index in [9.17, 15) is 0 Å². The molecule has 0 bridgehead atoms. The lowest BCUT2D eigenvalue weighted by molar-refractivity contribution is 0.0212. The second-order valence-electron chi connectivity index (χ2n) is 7.87. The second kappa shape index (κ2) is 13.1. The molecule has 0 unspecified atom stereocenters. The largest absolute Gasteiger partial charge is 0.493 e. The Labute approximate surface area is 198 Å². The van der Waals surface area contributed by atoms with Crippen LogP contribution >= 0.6 is 24.8 Å². The number of methoxy groups -OCH3 is 1. The van der Waals surface area contributed by atoms with Crippen LogP contribution in [-0.2, 0) is 11.3 Å². The van der Waals surface area contributed by atoms with Gasteiger partial charge in [-0.3, -0.25) is 4.90 Å². The molecule has 0 aromatic heterocycles. The van der Waals surface area contributed by atoms with Crippen molar-refractivity contribution in [3.8, 4) is 11.5 Å². The number of ether oxygens (including phenoxy) is 3. The lowest BCUT2D eigenvalue weighted by Gasteiger charge is -2.41. The van der Waals surface area contributed by atoms with Crippen LogP contribution in [0.5, 0.6) is 11.5 Å². The van der Waals surface area contributed by atoms with Crippen molar-refractivity contribution in [3.05, 3.63) is 59.7 Å². The smallest absolute Gasteiger partial charge is 0.161 e. The highest BCUT2D eigenvalue weighted by molar-refractivity contribution is 5.85. The van der Waals surface area contributed by atoms with Crippen LogP contribution in [0.4, 0.5) is 0 Å². The van der Waals surface area contributed by atoms with Gasteiger partial charge < -0.3 is 19.5 Å². The summed E-state index contributed by atoms with van der Waals surface area (Å²) >= 11 is 0. The van der Waals surface area contributed by atoms with Gasteiger partial charge in [-0.2, -0.15) is 0 Å². The first kappa shape index (κ1) is 25.8. The Morgan fingerprint density at radius 1 is 1.00 bits per heavy atom. The highest BCUT2D eigenvalue weighted by atomic mass is 35.5. The van der Waals surface area contributed by atoms with Gasteiger partial charge in [-0.1, -0.05) is 36.4 Å². The molecule has 0 amide bonds. The van der Waals surface area contributed by atoms with Crippen LogP contribution < -0.4 is 14.8 Å². The number of benzene rings is 2. The molecule has 7 heteroatoms. The number of piperazine rings is 1. The summed E-state index contributed by atoms with van der Waals surface area (Å²) in [7, 11) is 1.72. The van der Waals surface area contributed by atoms with Gasteiger partial charge in [0.05, 0.1) is 7.11 Å². The SMILES string of the molecule is COc1cc([C@H](C2CCOCC2)N2CCNCC2)ccc1OCc1ccccc1.Cl.Cl. The first-order valence-electron chi connectivity index (χ1n) is 10.7. The van der Waals surface area contributed by atoms with E-state index in [2.05, 4.69) is 40.5 Å². The van der Waals surface area contributed by atoms with Crippen LogP contribution in [0.1, 0.15) is 30.0 Å². The maximum Gasteiger partial charge on any atom is 0.161 e. The lowest BCUT2D eigenvalue weighted by Crippen LogP contribution is -2.47. The van der Waals surface area contributed by atoms with Gasteiger partial charge in [0.1, 0.15) is 6.61 Å². The Morgan fingerprint density at radius 3 is 2.39 bits per heavy atom. The van der Waals surface area contributed by atoms with E-state index in [1.165, 1.54) is 5.56 Å². The average molecular weight is 469 g/mol. The van der Waals surface area contributed by atoms with E-state index in [1.54, 1.807) is 7.11 Å². The molecule has 2 aromatic rings. The number of hydrogen-bond acceptors (Lipinski definition) is 5. The summed E-state index contributed by atoms with van der Waals surface area (Å²) in [6.45, 7) is 6.53. The van der Waals surface area contributed by atoms with Gasteiger partial charge in [0.2, 0.25) is 0 Å². The molecule has 2 aliphatic rings. The van der Waals surface area contributed by atoms with Crippen LogP contribution in [0.25, 0.3) is 0 Å². The van der Waals surface area contributed by atoms with E-state index in [4.69, 9.17) is 14.2 Å². The van der Waals surface area contributed by atoms with E-state index in [1.807, 2.05) is 18.2 Å². The van der Waals surface area contributed by atoms with Crippen molar-refractivity contribution < 1.29 is 14.2 Å². The highest BCUT2D eigenvalue weighted by Gasteiger charge is 2.31. The third-order valence-corrected chi connectivity index (χ3v) is 6.02. The van der Waals surface area contributed by atoms with E-state index < -0.39 is 0 Å². The zero-order chi connectivity index (χ0) is 19.9. The molecule has 0 aliphatic carbocycles. The molecule has 2 aliphatic heterocycles. The molecule has 2 aromatic carbocycles. The van der Waals surface area contributed by atoms with Gasteiger partial charge >= 0.3 is 0 Å². The fourth-order valence-corrected chi connectivity index (χ4v) is 4.50. The van der Waals surface area contributed by atoms with Gasteiger partial charge in [-0.15, -0.1) is 24.8 Å². The van der Waals surface area contributed by atoms with Gasteiger partial charge in [0.25, 0.3) is 0 Å². The van der Waals surface area contributed by atoms with Crippen molar-refractivity contribution >= 4 is 24.8 Å². The Balaban J connectivity index is 0.00000171. The van der Waals surface area contributed by atoms with Crippen LogP contribution in [0.15, 0.2) is 48.5 Å². The van der Waals surface area contributed by atoms with Crippen LogP contribution in [-0.4, -0.2) is 51.4 Å². The Kier molecular flexibility index (Phi) is 10.9. The summed E-state index contributed by atoms with van der Waals surface area (Å²) < 4.78 is 17.4. The molecular weight excluding hydrogens is 435 g/mol. The van der Waals surface area contributed by atoms with Gasteiger partial charge in [-0.05, 0) is 42.0 Å². The van der Waals surface area contributed by atoms with Gasteiger partial charge in [0, 0.05) is 45.4 Å². The van der Waals surface area contributed by atoms with Gasteiger partial charge in [-0.25, -0.2) is 0 Å². The minimum absolute atomic E-state index is 0. The summed E-state index contributed by atoms with van der Waals surface area (Å²) in [6, 6.07) is 17.1. The molecule has 1 N–H and O–H groups in total. The lowest BCUT2D eigenvalue weighted by atomic mass is 9.85. The van der Waals surface area contributed by atoms with Crippen molar-refractivity contribution in [1.29, 1.82) is 0 Å². The minimum atomic E-state index is 0. The Morgan fingerprint density at radius 2 is 1.71 bits per heavy atom. The predicted octanol–water partition coefficient (Wildman–Crippen LogP) is 4.49. The fourth-order valence-electron chi connectivity index (χ4n) is 4.50. The van der Waals surface area contributed by atoms with E-state index in [-0.39, 0.29) is 24.8 Å². The second-order valence-corrected chi connectivity index (χ2v) is 7.87. The molecule has 0 saturated carbocycles. The number of hydrogen-bond donors (Lipinski definition) is 1. The fraction of sp³-hybridized carbons (Fsp3) is 0.500. The standard InChI is InChI=1S/C24H32N2O3.2ClH/c1-27-23-17-21(7-8-22(23)29-18-19-5-3-2-4-6-19)24(20-9-15-28-16-10-20)26-13-11-25-12-14-26;;/h2-8,17,20,24-25H,9-16,18H2,1H3;2*1H/t24-;;/m0../s1. The zero-order valence-electron chi connectivity index (χ0n) is 18.1. The number of nitrogens with zero attached hydrogens (tertiary/aromatic N) is 1. The molecule has 1 atom stereocenters. The quantitative estimate of drug-likeness (QED) is 0.648. The molecule has 0 radical (unpaired) electrons. The molecule has 5 nitrogen and oxygen atoms in total. The van der Waals surface area contributed by atoms with Crippen molar-refractivity contribution in [2.75, 3.05) is 46.5 Å². The first-order chi connectivity index (χ1) is 14.3. The third-order valence-electron chi connectivity index (χ3n) is 6.02. The molecule has 2 fully saturated rings. The summed E-state index contributed by atoms with van der Waals surface area (Å²) in [5, 5.41) is 3.48. The zero-order valence-corrected chi connectivity index (χ0v) is 19.8. The molecule has 2 saturated heterocycles. The normalized spacial score (nSPS) is 18.4. The number of nitrogens with one attached hydrogen (secondary N) is 1. The predicted molar refractivity (Wildman–Crippen MR) is 129 cm³/mol. The van der Waals surface area contributed by atoms with Crippen molar-refractivity contribution in [3.63, 3.8) is 0 Å². The number of halogens is 2. The highest BCUT2D eigenvalue weighted by Crippen LogP contribution is 2.39. The molecule has 2 heterocycles. The van der Waals surface area contributed by atoms with Crippen LogP contribution in [0, 0.1) is 5.92 Å². The average Bonchev–Trinajstić information content (AvgIpc) is 2.80. The van der Waals surface area contributed by atoms with Crippen molar-refractivity contribution in [2.24, 2.45) is 5.92 Å². The maximum absolute atomic E-state index is 6.07. The summed E-state index contributed by atoms with van der Waals surface area (Å²) in [5.74, 6) is 2.22. The third kappa shape index (κ3) is 6.74. The van der Waals surface area contributed by atoms with Crippen LogP contribution in [0.3, 0.4) is 0 Å². The molecule has 4 rings (SSSR count). The van der Waals surface area contributed by atoms with E-state index >= 15 is 0 Å². The maximum atomic E-state index is 6.07. The minimum Gasteiger partial charge on any atom is -0.493 e. The molecule has 0 spiro atoms. The molecule has 172 valence electrons. The van der Waals surface area contributed by atoms with E-state index in [0.717, 1.165) is 69.3 Å². The van der Waals surface area contributed by atoms with Crippen molar-refractivity contribution in [2.45, 2.75) is 25.5 Å². The summed E-state index contributed by atoms with van der Waals surface area (Å²) in [4.78, 5) is 2.63. The topological polar surface area (TPSA) is 43.0 Å². The summed E-state index contributed by atoms with van der Waals surface area (Å²) in [5.41, 5.74) is 2.47. The monoisotopic (exact) mass is 468 g/mol.